The van der Waals surface area contributed by atoms with Crippen LogP contribution in [-0.2, 0) is 0 Å². The molecule has 158 valence electrons. The second-order valence-electron chi connectivity index (χ2n) is 5.97. The molecule has 2 rings (SSSR count). The fourth-order valence-electron chi connectivity index (χ4n) is 2.59. The van der Waals surface area contributed by atoms with Crippen molar-refractivity contribution in [2.75, 3.05) is 56.9 Å². The molecule has 0 aliphatic heterocycles. The lowest BCUT2D eigenvalue weighted by Crippen LogP contribution is -2.32. The Morgan fingerprint density at radius 1 is 0.966 bits per heavy atom. The highest BCUT2D eigenvalue weighted by atomic mass is 16.5. The summed E-state index contributed by atoms with van der Waals surface area (Å²) in [6.07, 6.45) is 0. The summed E-state index contributed by atoms with van der Waals surface area (Å²) in [6, 6.07) is 4.81. The van der Waals surface area contributed by atoms with Crippen LogP contribution in [-0.4, -0.2) is 57.0 Å². The second kappa shape index (κ2) is 10.8. The van der Waals surface area contributed by atoms with Crippen molar-refractivity contribution in [2.24, 2.45) is 0 Å². The Morgan fingerprint density at radius 3 is 2.24 bits per heavy atom. The molecule has 10 heteroatoms. The zero-order valence-electron chi connectivity index (χ0n) is 17.4. The minimum Gasteiger partial charge on any atom is -0.493 e. The molecule has 10 nitrogen and oxygen atoms in total. The first kappa shape index (κ1) is 21.9. The van der Waals surface area contributed by atoms with Gasteiger partial charge >= 0.3 is 6.03 Å². The predicted octanol–water partition coefficient (Wildman–Crippen LogP) is 2.48. The lowest BCUT2D eigenvalue weighted by Gasteiger charge is -2.15. The third-order valence-electron chi connectivity index (χ3n) is 3.83. The number of rotatable bonds is 10. The lowest BCUT2D eigenvalue weighted by molar-refractivity contribution is 0.252. The van der Waals surface area contributed by atoms with E-state index in [1.165, 1.54) is 21.3 Å². The number of aromatic nitrogens is 2. The number of benzene rings is 1. The molecule has 4 N–H and O–H groups in total. The fraction of sp³-hybridized carbons (Fsp3) is 0.421. The summed E-state index contributed by atoms with van der Waals surface area (Å²) < 4.78 is 15.8. The minimum absolute atomic E-state index is 0.353. The zero-order valence-corrected chi connectivity index (χ0v) is 17.4. The van der Waals surface area contributed by atoms with Gasteiger partial charge < -0.3 is 35.5 Å². The van der Waals surface area contributed by atoms with Gasteiger partial charge in [0, 0.05) is 43.5 Å². The van der Waals surface area contributed by atoms with E-state index < -0.39 is 0 Å². The van der Waals surface area contributed by atoms with Crippen molar-refractivity contribution in [3.8, 4) is 17.2 Å². The van der Waals surface area contributed by atoms with Crippen molar-refractivity contribution >= 4 is 23.5 Å². The molecule has 0 fully saturated rings. The molecule has 29 heavy (non-hydrogen) atoms. The van der Waals surface area contributed by atoms with E-state index in [9.17, 15) is 4.79 Å². The highest BCUT2D eigenvalue weighted by Gasteiger charge is 2.14. The summed E-state index contributed by atoms with van der Waals surface area (Å²) in [6.45, 7) is 5.53. The largest absolute Gasteiger partial charge is 0.493 e. The number of amides is 2. The number of carbonyl (C=O) groups is 1. The molecule has 0 unspecified atom stereocenters. The quantitative estimate of drug-likeness (QED) is 0.446. The van der Waals surface area contributed by atoms with Crippen LogP contribution in [0.4, 0.5) is 22.2 Å². The topological polar surface area (TPSA) is 119 Å². The summed E-state index contributed by atoms with van der Waals surface area (Å²) in [4.78, 5) is 20.8. The number of nitrogens with one attached hydrogen (secondary N) is 4. The third kappa shape index (κ3) is 6.30. The van der Waals surface area contributed by atoms with E-state index in [0.717, 1.165) is 12.2 Å². The number of hydrogen-bond donors (Lipinski definition) is 4. The fourth-order valence-corrected chi connectivity index (χ4v) is 2.59. The van der Waals surface area contributed by atoms with E-state index in [2.05, 4.69) is 31.2 Å². The number of nitrogens with zero attached hydrogens (tertiary/aromatic N) is 2. The maximum atomic E-state index is 12.2. The van der Waals surface area contributed by atoms with E-state index in [1.54, 1.807) is 12.1 Å². The van der Waals surface area contributed by atoms with Gasteiger partial charge in [0.2, 0.25) is 11.7 Å². The van der Waals surface area contributed by atoms with E-state index in [4.69, 9.17) is 14.2 Å². The monoisotopic (exact) mass is 404 g/mol. The van der Waals surface area contributed by atoms with E-state index >= 15 is 0 Å². The summed E-state index contributed by atoms with van der Waals surface area (Å²) in [5.74, 6) is 2.64. The molecular weight excluding hydrogens is 376 g/mol. The van der Waals surface area contributed by atoms with Gasteiger partial charge in [0.1, 0.15) is 5.82 Å². The molecule has 0 saturated carbocycles. The second-order valence-corrected chi connectivity index (χ2v) is 5.97. The van der Waals surface area contributed by atoms with Crippen LogP contribution in [0.5, 0.6) is 17.2 Å². The van der Waals surface area contributed by atoms with Gasteiger partial charge in [0.05, 0.1) is 27.0 Å². The van der Waals surface area contributed by atoms with E-state index in [-0.39, 0.29) is 6.03 Å². The van der Waals surface area contributed by atoms with E-state index in [0.29, 0.717) is 47.8 Å². The molecule has 0 aliphatic rings. The van der Waals surface area contributed by atoms with Crippen LogP contribution in [0.2, 0.25) is 0 Å². The van der Waals surface area contributed by atoms with Crippen LogP contribution in [0.3, 0.4) is 0 Å². The SMILES string of the molecule is CCNc1nc(C)cc(NCCNC(=O)Nc2cc(OC)c(OC)c(OC)c2)n1. The van der Waals surface area contributed by atoms with Gasteiger partial charge in [-0.25, -0.2) is 9.78 Å². The van der Waals surface area contributed by atoms with Crippen LogP contribution in [0, 0.1) is 6.92 Å². The number of urea groups is 1. The van der Waals surface area contributed by atoms with Gasteiger partial charge in [-0.05, 0) is 13.8 Å². The first-order chi connectivity index (χ1) is 14.0. The average Bonchev–Trinajstić information content (AvgIpc) is 2.70. The summed E-state index contributed by atoms with van der Waals surface area (Å²) in [5, 5.41) is 11.8. The lowest BCUT2D eigenvalue weighted by atomic mass is 10.2. The van der Waals surface area contributed by atoms with Gasteiger partial charge in [-0.15, -0.1) is 0 Å². The zero-order chi connectivity index (χ0) is 21.2. The Bertz CT molecular complexity index is 805. The maximum absolute atomic E-state index is 12.2. The average molecular weight is 404 g/mol. The van der Waals surface area contributed by atoms with Crippen molar-refractivity contribution in [1.29, 1.82) is 0 Å². The van der Waals surface area contributed by atoms with Gasteiger partial charge in [-0.3, -0.25) is 0 Å². The van der Waals surface area contributed by atoms with Crippen LogP contribution in [0.25, 0.3) is 0 Å². The van der Waals surface area contributed by atoms with Crippen molar-refractivity contribution in [3.63, 3.8) is 0 Å². The highest BCUT2D eigenvalue weighted by Crippen LogP contribution is 2.39. The number of hydrogen-bond acceptors (Lipinski definition) is 8. The van der Waals surface area contributed by atoms with E-state index in [1.807, 2.05) is 19.9 Å². The number of methoxy groups -OCH3 is 3. The first-order valence-corrected chi connectivity index (χ1v) is 9.19. The van der Waals surface area contributed by atoms with Crippen LogP contribution in [0.15, 0.2) is 18.2 Å². The smallest absolute Gasteiger partial charge is 0.319 e. The standard InChI is InChI=1S/C19H28N6O4/c1-6-20-18-23-12(2)9-16(25-18)21-7-8-22-19(26)24-13-10-14(27-3)17(29-5)15(11-13)28-4/h9-11H,6-8H2,1-5H3,(H2,22,24,26)(H2,20,21,23,25). The maximum Gasteiger partial charge on any atom is 0.319 e. The van der Waals surface area contributed by atoms with Crippen LogP contribution < -0.4 is 35.5 Å². The Labute approximate surface area is 170 Å². The van der Waals surface area contributed by atoms with Gasteiger partial charge in [-0.1, -0.05) is 0 Å². The first-order valence-electron chi connectivity index (χ1n) is 9.19. The van der Waals surface area contributed by atoms with Gasteiger partial charge in [0.25, 0.3) is 0 Å². The van der Waals surface area contributed by atoms with Crippen molar-refractivity contribution in [1.82, 2.24) is 15.3 Å². The molecule has 0 spiro atoms. The van der Waals surface area contributed by atoms with Crippen LogP contribution >= 0.6 is 0 Å². The molecule has 0 saturated heterocycles. The minimum atomic E-state index is -0.353. The third-order valence-corrected chi connectivity index (χ3v) is 3.83. The molecule has 2 aromatic rings. The molecule has 0 atom stereocenters. The van der Waals surface area contributed by atoms with Crippen LogP contribution in [0.1, 0.15) is 12.6 Å². The molecule has 1 heterocycles. The van der Waals surface area contributed by atoms with Gasteiger partial charge in [0.15, 0.2) is 11.5 Å². The number of ether oxygens (including phenoxy) is 3. The summed E-state index contributed by atoms with van der Waals surface area (Å²) in [7, 11) is 4.56. The number of carbonyl (C=O) groups excluding carboxylic acids is 1. The van der Waals surface area contributed by atoms with Crippen molar-refractivity contribution in [3.05, 3.63) is 23.9 Å². The number of aryl methyl sites for hydroxylation is 1. The van der Waals surface area contributed by atoms with Crippen molar-refractivity contribution in [2.45, 2.75) is 13.8 Å². The molecule has 0 aliphatic carbocycles. The molecule has 2 amide bonds. The Morgan fingerprint density at radius 2 is 1.66 bits per heavy atom. The number of anilines is 3. The summed E-state index contributed by atoms with van der Waals surface area (Å²) in [5.41, 5.74) is 1.37. The van der Waals surface area contributed by atoms with Gasteiger partial charge in [-0.2, -0.15) is 4.98 Å². The molecule has 0 radical (unpaired) electrons. The normalized spacial score (nSPS) is 10.1. The molecule has 1 aromatic carbocycles. The predicted molar refractivity (Wildman–Crippen MR) is 113 cm³/mol. The Balaban J connectivity index is 1.88. The molecule has 1 aromatic heterocycles. The Hall–Kier alpha value is -3.43. The highest BCUT2D eigenvalue weighted by molar-refractivity contribution is 5.90. The van der Waals surface area contributed by atoms with Crippen molar-refractivity contribution < 1.29 is 19.0 Å². The Kier molecular flexibility index (Phi) is 8.13. The molecular formula is C19H28N6O4. The summed E-state index contributed by atoms with van der Waals surface area (Å²) >= 11 is 0. The molecule has 0 bridgehead atoms.